The summed E-state index contributed by atoms with van der Waals surface area (Å²) >= 11 is 3.49. The van der Waals surface area contributed by atoms with Crippen molar-refractivity contribution in [2.75, 3.05) is 11.5 Å². The lowest BCUT2D eigenvalue weighted by molar-refractivity contribution is 0.433. The SMILES string of the molecule is CC(C)(C#N)CCCCSc1nc2ccc(N)cc2s1. The van der Waals surface area contributed by atoms with Crippen LogP contribution in [0, 0.1) is 16.7 Å². The van der Waals surface area contributed by atoms with Crippen LogP contribution in [0.1, 0.15) is 33.1 Å². The average molecular weight is 305 g/mol. The molecule has 0 aliphatic rings. The van der Waals surface area contributed by atoms with Crippen molar-refractivity contribution in [1.29, 1.82) is 5.26 Å². The van der Waals surface area contributed by atoms with Crippen molar-refractivity contribution in [2.45, 2.75) is 37.4 Å². The molecule has 1 heterocycles. The van der Waals surface area contributed by atoms with Crippen molar-refractivity contribution in [2.24, 2.45) is 5.41 Å². The first-order valence-electron chi connectivity index (χ1n) is 6.70. The molecule has 0 unspecified atom stereocenters. The summed E-state index contributed by atoms with van der Waals surface area (Å²) in [5.74, 6) is 1.05. The largest absolute Gasteiger partial charge is 0.399 e. The van der Waals surface area contributed by atoms with Crippen LogP contribution in [0.2, 0.25) is 0 Å². The van der Waals surface area contributed by atoms with E-state index in [0.717, 1.165) is 45.3 Å². The molecule has 2 N–H and O–H groups in total. The lowest BCUT2D eigenvalue weighted by atomic mass is 9.89. The van der Waals surface area contributed by atoms with Gasteiger partial charge < -0.3 is 5.73 Å². The summed E-state index contributed by atoms with van der Waals surface area (Å²) in [6.07, 6.45) is 3.17. The lowest BCUT2D eigenvalue weighted by Crippen LogP contribution is -2.07. The van der Waals surface area contributed by atoms with Gasteiger partial charge in [-0.1, -0.05) is 18.2 Å². The first-order chi connectivity index (χ1) is 9.50. The molecule has 0 aliphatic heterocycles. The van der Waals surface area contributed by atoms with Gasteiger partial charge in [-0.2, -0.15) is 5.26 Å². The Kier molecular flexibility index (Phi) is 4.90. The molecule has 0 saturated carbocycles. The van der Waals surface area contributed by atoms with Crippen LogP contribution < -0.4 is 5.73 Å². The molecule has 106 valence electrons. The quantitative estimate of drug-likeness (QED) is 0.478. The van der Waals surface area contributed by atoms with Crippen molar-refractivity contribution in [3.05, 3.63) is 18.2 Å². The fourth-order valence-electron chi connectivity index (χ4n) is 1.87. The maximum Gasteiger partial charge on any atom is 0.151 e. The third-order valence-electron chi connectivity index (χ3n) is 3.12. The number of nitrogens with zero attached hydrogens (tertiary/aromatic N) is 2. The van der Waals surface area contributed by atoms with E-state index in [0.29, 0.717) is 0 Å². The van der Waals surface area contributed by atoms with Gasteiger partial charge in [-0.15, -0.1) is 11.3 Å². The summed E-state index contributed by atoms with van der Waals surface area (Å²) in [7, 11) is 0. The first kappa shape index (κ1) is 15.1. The minimum Gasteiger partial charge on any atom is -0.399 e. The van der Waals surface area contributed by atoms with E-state index in [2.05, 4.69) is 11.1 Å². The predicted octanol–water partition coefficient (Wildman–Crippen LogP) is 4.69. The molecule has 1 aromatic heterocycles. The number of nitrogens with two attached hydrogens (primary N) is 1. The lowest BCUT2D eigenvalue weighted by Gasteiger charge is -2.13. The zero-order valence-corrected chi connectivity index (χ0v) is 13.5. The molecule has 5 heteroatoms. The zero-order valence-electron chi connectivity index (χ0n) is 11.8. The summed E-state index contributed by atoms with van der Waals surface area (Å²) in [6.45, 7) is 4.00. The van der Waals surface area contributed by atoms with Gasteiger partial charge in [-0.05, 0) is 44.9 Å². The molecule has 0 bridgehead atoms. The van der Waals surface area contributed by atoms with Gasteiger partial charge in [0, 0.05) is 11.4 Å². The molecule has 2 aromatic rings. The van der Waals surface area contributed by atoms with E-state index in [1.165, 1.54) is 0 Å². The molecule has 20 heavy (non-hydrogen) atoms. The maximum absolute atomic E-state index is 8.96. The fraction of sp³-hybridized carbons (Fsp3) is 0.467. The number of unbranched alkanes of at least 4 members (excludes halogenated alkanes) is 1. The number of thioether (sulfide) groups is 1. The molecular weight excluding hydrogens is 286 g/mol. The van der Waals surface area contributed by atoms with Crippen LogP contribution in [0.5, 0.6) is 0 Å². The van der Waals surface area contributed by atoms with Gasteiger partial charge >= 0.3 is 0 Å². The zero-order chi connectivity index (χ0) is 14.6. The van der Waals surface area contributed by atoms with E-state index in [4.69, 9.17) is 11.0 Å². The predicted molar refractivity (Wildman–Crippen MR) is 88.0 cm³/mol. The third kappa shape index (κ3) is 4.12. The van der Waals surface area contributed by atoms with E-state index in [-0.39, 0.29) is 5.41 Å². The number of rotatable bonds is 6. The Labute approximate surface area is 128 Å². The van der Waals surface area contributed by atoms with Gasteiger partial charge in [0.25, 0.3) is 0 Å². The molecule has 0 saturated heterocycles. The number of anilines is 1. The Morgan fingerprint density at radius 1 is 1.40 bits per heavy atom. The fourth-order valence-corrected chi connectivity index (χ4v) is 4.05. The van der Waals surface area contributed by atoms with Crippen LogP contribution in [-0.4, -0.2) is 10.7 Å². The van der Waals surface area contributed by atoms with Crippen molar-refractivity contribution >= 4 is 39.0 Å². The monoisotopic (exact) mass is 305 g/mol. The maximum atomic E-state index is 8.96. The Bertz CT molecular complexity index is 626. The summed E-state index contributed by atoms with van der Waals surface area (Å²) < 4.78 is 2.25. The summed E-state index contributed by atoms with van der Waals surface area (Å²) in [4.78, 5) is 4.59. The highest BCUT2D eigenvalue weighted by atomic mass is 32.2. The highest BCUT2D eigenvalue weighted by Gasteiger charge is 2.15. The number of fused-ring (bicyclic) bond motifs is 1. The number of nitrogen functional groups attached to an aromatic ring is 1. The molecule has 3 nitrogen and oxygen atoms in total. The van der Waals surface area contributed by atoms with E-state index >= 15 is 0 Å². The number of thiazole rings is 1. The molecule has 0 spiro atoms. The van der Waals surface area contributed by atoms with Crippen molar-refractivity contribution in [1.82, 2.24) is 4.98 Å². The Morgan fingerprint density at radius 2 is 2.20 bits per heavy atom. The summed E-state index contributed by atoms with van der Waals surface area (Å²) in [5, 5.41) is 8.96. The van der Waals surface area contributed by atoms with Gasteiger partial charge in [-0.25, -0.2) is 4.98 Å². The van der Waals surface area contributed by atoms with E-state index in [1.807, 2.05) is 32.0 Å². The van der Waals surface area contributed by atoms with Crippen LogP contribution in [0.3, 0.4) is 0 Å². The van der Waals surface area contributed by atoms with Gasteiger partial charge in [0.15, 0.2) is 4.34 Å². The first-order valence-corrected chi connectivity index (χ1v) is 8.50. The van der Waals surface area contributed by atoms with Crippen LogP contribution in [0.25, 0.3) is 10.2 Å². The molecule has 0 radical (unpaired) electrons. The molecule has 0 fully saturated rings. The topological polar surface area (TPSA) is 62.7 Å². The number of hydrogen-bond acceptors (Lipinski definition) is 5. The molecule has 0 amide bonds. The second-order valence-corrected chi connectivity index (χ2v) is 7.88. The van der Waals surface area contributed by atoms with Crippen LogP contribution in [0.4, 0.5) is 5.69 Å². The van der Waals surface area contributed by atoms with Crippen LogP contribution in [0.15, 0.2) is 22.5 Å². The molecule has 1 aromatic carbocycles. The number of nitriles is 1. The minimum absolute atomic E-state index is 0.196. The minimum atomic E-state index is -0.196. The smallest absolute Gasteiger partial charge is 0.151 e. The van der Waals surface area contributed by atoms with E-state index in [1.54, 1.807) is 23.1 Å². The van der Waals surface area contributed by atoms with Crippen LogP contribution >= 0.6 is 23.1 Å². The van der Waals surface area contributed by atoms with Gasteiger partial charge in [0.05, 0.1) is 21.7 Å². The van der Waals surface area contributed by atoms with Gasteiger partial charge in [-0.3, -0.25) is 0 Å². The second kappa shape index (κ2) is 6.47. The van der Waals surface area contributed by atoms with E-state index < -0.39 is 0 Å². The molecule has 2 rings (SSSR count). The van der Waals surface area contributed by atoms with Crippen LogP contribution in [-0.2, 0) is 0 Å². The van der Waals surface area contributed by atoms with Gasteiger partial charge in [0.2, 0.25) is 0 Å². The second-order valence-electron chi connectivity index (χ2n) is 5.51. The van der Waals surface area contributed by atoms with Crippen molar-refractivity contribution in [3.63, 3.8) is 0 Å². The summed E-state index contributed by atoms with van der Waals surface area (Å²) in [6, 6.07) is 8.18. The normalized spacial score (nSPS) is 11.7. The Balaban J connectivity index is 1.80. The Hall–Kier alpha value is -1.25. The molecular formula is C15H19N3S2. The number of hydrogen-bond donors (Lipinski definition) is 1. The molecule has 0 atom stereocenters. The average Bonchev–Trinajstić information content (AvgIpc) is 2.80. The molecule has 0 aliphatic carbocycles. The third-order valence-corrected chi connectivity index (χ3v) is 5.36. The van der Waals surface area contributed by atoms with Gasteiger partial charge in [0.1, 0.15) is 0 Å². The van der Waals surface area contributed by atoms with Crippen molar-refractivity contribution in [3.8, 4) is 6.07 Å². The standard InChI is InChI=1S/C15H19N3S2/c1-15(2,10-16)7-3-4-8-19-14-18-12-6-5-11(17)9-13(12)20-14/h5-6,9H,3-4,7-8,17H2,1-2H3. The van der Waals surface area contributed by atoms with Crippen molar-refractivity contribution < 1.29 is 0 Å². The number of aromatic nitrogens is 1. The van der Waals surface area contributed by atoms with E-state index in [9.17, 15) is 0 Å². The number of benzene rings is 1. The summed E-state index contributed by atoms with van der Waals surface area (Å²) in [5.41, 5.74) is 7.39. The highest BCUT2D eigenvalue weighted by molar-refractivity contribution is 8.01. The highest BCUT2D eigenvalue weighted by Crippen LogP contribution is 2.31. The Morgan fingerprint density at radius 3 is 2.95 bits per heavy atom.